The highest BCUT2D eigenvalue weighted by Crippen LogP contribution is 2.23. The Hall–Kier alpha value is -1.06. The number of carboxylic acid groups (broad SMARTS) is 1. The number of nitrogens with two attached hydrogens (primary N) is 1. The Kier molecular flexibility index (Phi) is 5.66. The first-order valence-electron chi connectivity index (χ1n) is 5.38. The van der Waals surface area contributed by atoms with Crippen molar-refractivity contribution < 1.29 is 9.90 Å². The molecule has 4 heteroatoms. The molecule has 17 heavy (non-hydrogen) atoms. The van der Waals surface area contributed by atoms with E-state index >= 15 is 0 Å². The number of halogens is 1. The Morgan fingerprint density at radius 1 is 1.41 bits per heavy atom. The summed E-state index contributed by atoms with van der Waals surface area (Å²) in [7, 11) is 0. The summed E-state index contributed by atoms with van der Waals surface area (Å²) in [5, 5.41) is 8.75. The molecule has 0 saturated heterocycles. The van der Waals surface area contributed by atoms with Crippen LogP contribution < -0.4 is 5.73 Å². The van der Waals surface area contributed by atoms with Crippen LogP contribution in [0.3, 0.4) is 0 Å². The van der Waals surface area contributed by atoms with Gasteiger partial charge in [0.25, 0.3) is 0 Å². The lowest BCUT2D eigenvalue weighted by atomic mass is 9.85. The molecule has 0 aliphatic heterocycles. The van der Waals surface area contributed by atoms with Gasteiger partial charge in [-0.05, 0) is 23.0 Å². The maximum atomic E-state index is 10.7. The van der Waals surface area contributed by atoms with E-state index in [0.717, 1.165) is 5.56 Å². The van der Waals surface area contributed by atoms with Crippen LogP contribution in [-0.2, 0) is 16.6 Å². The van der Waals surface area contributed by atoms with Crippen LogP contribution in [0.4, 0.5) is 0 Å². The van der Waals surface area contributed by atoms with E-state index in [1.165, 1.54) is 5.56 Å². The second-order valence-electron chi connectivity index (χ2n) is 5.10. The van der Waals surface area contributed by atoms with Crippen LogP contribution in [-0.4, -0.2) is 17.1 Å². The molecule has 3 N–H and O–H groups in total. The van der Waals surface area contributed by atoms with E-state index in [1.807, 2.05) is 18.2 Å². The van der Waals surface area contributed by atoms with Crippen molar-refractivity contribution in [1.82, 2.24) is 0 Å². The third kappa shape index (κ3) is 4.75. The molecule has 0 aliphatic carbocycles. The molecule has 1 atom stereocenters. The molecule has 0 unspecified atom stereocenters. The van der Waals surface area contributed by atoms with Crippen molar-refractivity contribution in [3.8, 4) is 0 Å². The minimum Gasteiger partial charge on any atom is -0.480 e. The zero-order valence-corrected chi connectivity index (χ0v) is 11.3. The topological polar surface area (TPSA) is 63.3 Å². The van der Waals surface area contributed by atoms with Crippen LogP contribution in [0, 0.1) is 0 Å². The highest BCUT2D eigenvalue weighted by Gasteiger charge is 2.16. The number of carboxylic acids is 1. The molecule has 0 heterocycles. The van der Waals surface area contributed by atoms with E-state index in [0.29, 0.717) is 6.42 Å². The second-order valence-corrected chi connectivity index (χ2v) is 5.10. The van der Waals surface area contributed by atoms with Gasteiger partial charge >= 0.3 is 5.97 Å². The normalized spacial score (nSPS) is 12.7. The van der Waals surface area contributed by atoms with Crippen LogP contribution in [0.2, 0.25) is 0 Å². The SMILES string of the molecule is CC(C)(C)c1cccc(C[C@H](N)C(=O)O)c1.Cl. The van der Waals surface area contributed by atoms with Gasteiger partial charge in [-0.2, -0.15) is 0 Å². The first kappa shape index (κ1) is 15.9. The van der Waals surface area contributed by atoms with Crippen LogP contribution in [0.5, 0.6) is 0 Å². The zero-order chi connectivity index (χ0) is 12.3. The van der Waals surface area contributed by atoms with Crippen LogP contribution in [0.1, 0.15) is 31.9 Å². The maximum Gasteiger partial charge on any atom is 0.320 e. The van der Waals surface area contributed by atoms with Gasteiger partial charge in [0.2, 0.25) is 0 Å². The summed E-state index contributed by atoms with van der Waals surface area (Å²) < 4.78 is 0. The fraction of sp³-hybridized carbons (Fsp3) is 0.462. The fourth-order valence-electron chi connectivity index (χ4n) is 1.51. The van der Waals surface area contributed by atoms with E-state index in [2.05, 4.69) is 26.8 Å². The van der Waals surface area contributed by atoms with Gasteiger partial charge in [-0.3, -0.25) is 4.79 Å². The quantitative estimate of drug-likeness (QED) is 0.874. The highest BCUT2D eigenvalue weighted by molar-refractivity contribution is 5.85. The predicted molar refractivity (Wildman–Crippen MR) is 71.7 cm³/mol. The molecule has 1 aromatic rings. The first-order chi connectivity index (χ1) is 7.30. The van der Waals surface area contributed by atoms with E-state index in [-0.39, 0.29) is 17.8 Å². The Balaban J connectivity index is 0.00000256. The smallest absolute Gasteiger partial charge is 0.320 e. The van der Waals surface area contributed by atoms with E-state index in [9.17, 15) is 4.79 Å². The number of benzene rings is 1. The molecule has 0 aliphatic rings. The summed E-state index contributed by atoms with van der Waals surface area (Å²) >= 11 is 0. The molecule has 0 radical (unpaired) electrons. The zero-order valence-electron chi connectivity index (χ0n) is 10.4. The minimum atomic E-state index is -0.957. The molecule has 0 amide bonds. The van der Waals surface area contributed by atoms with Gasteiger partial charge in [0.1, 0.15) is 6.04 Å². The molecule has 3 nitrogen and oxygen atoms in total. The lowest BCUT2D eigenvalue weighted by Crippen LogP contribution is -2.32. The summed E-state index contributed by atoms with van der Waals surface area (Å²) in [6, 6.07) is 7.12. The van der Waals surface area contributed by atoms with Crippen molar-refractivity contribution in [2.75, 3.05) is 0 Å². The Morgan fingerprint density at radius 2 is 2.00 bits per heavy atom. The number of rotatable bonds is 3. The third-order valence-corrected chi connectivity index (χ3v) is 2.57. The third-order valence-electron chi connectivity index (χ3n) is 2.57. The lowest BCUT2D eigenvalue weighted by Gasteiger charge is -2.20. The molecule has 0 saturated carbocycles. The predicted octanol–water partition coefficient (Wildman–Crippen LogP) is 2.36. The summed E-state index contributed by atoms with van der Waals surface area (Å²) in [6.07, 6.45) is 0.374. The van der Waals surface area contributed by atoms with Gasteiger partial charge in [0, 0.05) is 0 Å². The van der Waals surface area contributed by atoms with Crippen molar-refractivity contribution in [1.29, 1.82) is 0 Å². The Labute approximate surface area is 108 Å². The molecule has 0 bridgehead atoms. The van der Waals surface area contributed by atoms with Gasteiger partial charge in [0.05, 0.1) is 0 Å². The van der Waals surface area contributed by atoms with E-state index in [4.69, 9.17) is 10.8 Å². The van der Waals surface area contributed by atoms with Gasteiger partial charge < -0.3 is 10.8 Å². The van der Waals surface area contributed by atoms with Gasteiger partial charge in [0.15, 0.2) is 0 Å². The van der Waals surface area contributed by atoms with Crippen molar-refractivity contribution >= 4 is 18.4 Å². The number of hydrogen-bond donors (Lipinski definition) is 2. The van der Waals surface area contributed by atoms with Crippen molar-refractivity contribution in [2.24, 2.45) is 5.73 Å². The molecule has 0 fully saturated rings. The largest absolute Gasteiger partial charge is 0.480 e. The minimum absolute atomic E-state index is 0. The summed E-state index contributed by atoms with van der Waals surface area (Å²) in [5.74, 6) is -0.957. The number of carbonyl (C=O) groups is 1. The van der Waals surface area contributed by atoms with Crippen LogP contribution in [0.25, 0.3) is 0 Å². The fourth-order valence-corrected chi connectivity index (χ4v) is 1.51. The van der Waals surface area contributed by atoms with E-state index in [1.54, 1.807) is 0 Å². The van der Waals surface area contributed by atoms with E-state index < -0.39 is 12.0 Å². The molecule has 0 spiro atoms. The second kappa shape index (κ2) is 6.03. The van der Waals surface area contributed by atoms with Crippen molar-refractivity contribution in [2.45, 2.75) is 38.6 Å². The number of aliphatic carboxylic acids is 1. The van der Waals surface area contributed by atoms with Gasteiger partial charge in [-0.25, -0.2) is 0 Å². The molecule has 1 rings (SSSR count). The van der Waals surface area contributed by atoms with Crippen LogP contribution in [0.15, 0.2) is 24.3 Å². The van der Waals surface area contributed by atoms with Crippen molar-refractivity contribution in [3.05, 3.63) is 35.4 Å². The molecule has 0 aromatic heterocycles. The molecular formula is C13H20ClNO2. The first-order valence-corrected chi connectivity index (χ1v) is 5.38. The van der Waals surface area contributed by atoms with Crippen LogP contribution >= 0.6 is 12.4 Å². The summed E-state index contributed by atoms with van der Waals surface area (Å²) in [5.41, 5.74) is 7.75. The summed E-state index contributed by atoms with van der Waals surface area (Å²) in [6.45, 7) is 6.38. The maximum absolute atomic E-state index is 10.7. The van der Waals surface area contributed by atoms with Gasteiger partial charge in [-0.1, -0.05) is 45.0 Å². The van der Waals surface area contributed by atoms with Gasteiger partial charge in [-0.15, -0.1) is 12.4 Å². The highest BCUT2D eigenvalue weighted by atomic mass is 35.5. The Morgan fingerprint density at radius 3 is 2.47 bits per heavy atom. The average molecular weight is 258 g/mol. The monoisotopic (exact) mass is 257 g/mol. The summed E-state index contributed by atoms with van der Waals surface area (Å²) in [4.78, 5) is 10.7. The molecule has 96 valence electrons. The lowest BCUT2D eigenvalue weighted by molar-refractivity contribution is -0.138. The molecular weight excluding hydrogens is 238 g/mol. The van der Waals surface area contributed by atoms with Crippen molar-refractivity contribution in [3.63, 3.8) is 0 Å². The standard InChI is InChI=1S/C13H19NO2.ClH/c1-13(2,3)10-6-4-5-9(7-10)8-11(14)12(15)16;/h4-7,11H,8,14H2,1-3H3,(H,15,16);1H/t11-;/m0./s1. The average Bonchev–Trinajstić information content (AvgIpc) is 2.16. The molecule has 1 aromatic carbocycles. The number of hydrogen-bond acceptors (Lipinski definition) is 2. The Bertz CT molecular complexity index is 385.